The molecule has 1 atom stereocenters. The van der Waals surface area contributed by atoms with E-state index in [4.69, 9.17) is 0 Å². The van der Waals surface area contributed by atoms with Gasteiger partial charge in [0.25, 0.3) is 0 Å². The molecule has 0 spiro atoms. The topological polar surface area (TPSA) is 33.1 Å². The lowest BCUT2D eigenvalue weighted by Gasteiger charge is -2.10. The molecule has 0 aliphatic heterocycles. The van der Waals surface area contributed by atoms with E-state index in [9.17, 15) is 5.11 Å². The first kappa shape index (κ1) is 9.20. The molecule has 0 amide bonds. The molecule has 1 rings (SSSR count). The van der Waals surface area contributed by atoms with Gasteiger partial charge in [0.15, 0.2) is 0 Å². The molecule has 0 fully saturated rings. The van der Waals surface area contributed by atoms with E-state index in [0.717, 1.165) is 24.1 Å². The van der Waals surface area contributed by atoms with Gasteiger partial charge in [-0.05, 0) is 25.0 Å². The Bertz CT molecular complexity index is 247. The molecular weight excluding hydrogens is 150 g/mol. The van der Waals surface area contributed by atoms with Crippen LogP contribution in [0.5, 0.6) is 0 Å². The third-order valence-electron chi connectivity index (χ3n) is 1.93. The largest absolute Gasteiger partial charge is 0.387 e. The van der Waals surface area contributed by atoms with E-state index in [-0.39, 0.29) is 0 Å². The summed E-state index contributed by atoms with van der Waals surface area (Å²) in [5.74, 6) is 0. The van der Waals surface area contributed by atoms with E-state index in [2.05, 4.69) is 11.9 Å². The summed E-state index contributed by atoms with van der Waals surface area (Å²) in [6.45, 7) is 4.03. The van der Waals surface area contributed by atoms with Gasteiger partial charge in [-0.25, -0.2) is 0 Å². The Kier molecular flexibility index (Phi) is 3.23. The van der Waals surface area contributed by atoms with Gasteiger partial charge in [-0.2, -0.15) is 0 Å². The van der Waals surface area contributed by atoms with E-state index in [1.807, 2.05) is 19.1 Å². The van der Waals surface area contributed by atoms with Gasteiger partial charge in [0.2, 0.25) is 0 Å². The average molecular weight is 165 g/mol. The molecule has 1 N–H and O–H groups in total. The molecule has 0 saturated carbocycles. The predicted molar refractivity (Wildman–Crippen MR) is 48.8 cm³/mol. The van der Waals surface area contributed by atoms with Crippen LogP contribution in [0.3, 0.4) is 0 Å². The van der Waals surface area contributed by atoms with E-state index in [1.165, 1.54) is 0 Å². The molecule has 1 aromatic heterocycles. The summed E-state index contributed by atoms with van der Waals surface area (Å²) in [5, 5.41) is 9.64. The summed E-state index contributed by atoms with van der Waals surface area (Å²) < 4.78 is 0. The zero-order chi connectivity index (χ0) is 8.97. The van der Waals surface area contributed by atoms with Crippen molar-refractivity contribution in [2.75, 3.05) is 0 Å². The molecule has 66 valence electrons. The minimum atomic E-state index is -0.392. The number of pyridine rings is 1. The number of rotatable bonds is 3. The summed E-state index contributed by atoms with van der Waals surface area (Å²) in [5.41, 5.74) is 1.89. The minimum absolute atomic E-state index is 0.392. The van der Waals surface area contributed by atoms with Crippen molar-refractivity contribution in [3.05, 3.63) is 29.6 Å². The first-order chi connectivity index (χ1) is 5.75. The zero-order valence-corrected chi connectivity index (χ0v) is 7.62. The molecule has 2 nitrogen and oxygen atoms in total. The average Bonchev–Trinajstić information content (AvgIpc) is 2.05. The van der Waals surface area contributed by atoms with Crippen LogP contribution < -0.4 is 0 Å². The third kappa shape index (κ3) is 2.05. The van der Waals surface area contributed by atoms with Crippen LogP contribution in [0, 0.1) is 6.92 Å². The summed E-state index contributed by atoms with van der Waals surface area (Å²) >= 11 is 0. The van der Waals surface area contributed by atoms with Gasteiger partial charge < -0.3 is 5.11 Å². The first-order valence-corrected chi connectivity index (χ1v) is 4.35. The van der Waals surface area contributed by atoms with Crippen LogP contribution in [-0.4, -0.2) is 10.1 Å². The molecule has 1 aromatic rings. The van der Waals surface area contributed by atoms with Crippen molar-refractivity contribution >= 4 is 0 Å². The second kappa shape index (κ2) is 4.21. The molecule has 0 aliphatic rings. The highest BCUT2D eigenvalue weighted by Gasteiger charge is 2.09. The van der Waals surface area contributed by atoms with Gasteiger partial charge in [-0.1, -0.05) is 19.4 Å². The van der Waals surface area contributed by atoms with Crippen molar-refractivity contribution < 1.29 is 5.11 Å². The van der Waals surface area contributed by atoms with Gasteiger partial charge in [0.1, 0.15) is 0 Å². The van der Waals surface area contributed by atoms with E-state index in [1.54, 1.807) is 6.20 Å². The Balaban J connectivity index is 2.79. The van der Waals surface area contributed by atoms with Crippen molar-refractivity contribution in [1.82, 2.24) is 4.98 Å². The number of aryl methyl sites for hydroxylation is 1. The standard InChI is InChI=1S/C10H15NO/c1-3-5-9(12)10-8(2)6-4-7-11-10/h4,6-7,9,12H,3,5H2,1-2H3. The van der Waals surface area contributed by atoms with Crippen LogP contribution >= 0.6 is 0 Å². The molecule has 0 aliphatic carbocycles. The molecule has 0 radical (unpaired) electrons. The lowest BCUT2D eigenvalue weighted by atomic mass is 10.1. The quantitative estimate of drug-likeness (QED) is 0.745. The number of aliphatic hydroxyl groups is 1. The fourth-order valence-corrected chi connectivity index (χ4v) is 1.26. The predicted octanol–water partition coefficient (Wildman–Crippen LogP) is 2.22. The highest BCUT2D eigenvalue weighted by molar-refractivity contribution is 5.19. The second-order valence-electron chi connectivity index (χ2n) is 3.01. The van der Waals surface area contributed by atoms with Crippen LogP contribution in [0.25, 0.3) is 0 Å². The van der Waals surface area contributed by atoms with Gasteiger partial charge in [0, 0.05) is 6.20 Å². The fourth-order valence-electron chi connectivity index (χ4n) is 1.26. The highest BCUT2D eigenvalue weighted by atomic mass is 16.3. The van der Waals surface area contributed by atoms with Crippen LogP contribution in [0.4, 0.5) is 0 Å². The summed E-state index contributed by atoms with van der Waals surface area (Å²) in [6, 6.07) is 3.86. The molecule has 1 heterocycles. The molecule has 0 aromatic carbocycles. The van der Waals surface area contributed by atoms with Crippen LogP contribution in [-0.2, 0) is 0 Å². The van der Waals surface area contributed by atoms with E-state index in [0.29, 0.717) is 0 Å². The first-order valence-electron chi connectivity index (χ1n) is 4.35. The Morgan fingerprint density at radius 3 is 2.92 bits per heavy atom. The molecule has 0 bridgehead atoms. The van der Waals surface area contributed by atoms with Gasteiger partial charge in [0.05, 0.1) is 11.8 Å². The maximum atomic E-state index is 9.64. The Morgan fingerprint density at radius 2 is 2.33 bits per heavy atom. The van der Waals surface area contributed by atoms with Gasteiger partial charge in [-0.3, -0.25) is 4.98 Å². The van der Waals surface area contributed by atoms with Gasteiger partial charge >= 0.3 is 0 Å². The van der Waals surface area contributed by atoms with Gasteiger partial charge in [-0.15, -0.1) is 0 Å². The van der Waals surface area contributed by atoms with Crippen LogP contribution in [0.15, 0.2) is 18.3 Å². The summed E-state index contributed by atoms with van der Waals surface area (Å²) in [6.07, 6.45) is 3.10. The number of hydrogen-bond donors (Lipinski definition) is 1. The summed E-state index contributed by atoms with van der Waals surface area (Å²) in [4.78, 5) is 4.15. The van der Waals surface area contributed by atoms with Crippen molar-refractivity contribution in [2.45, 2.75) is 32.8 Å². The fraction of sp³-hybridized carbons (Fsp3) is 0.500. The lowest BCUT2D eigenvalue weighted by Crippen LogP contribution is -2.01. The maximum absolute atomic E-state index is 9.64. The third-order valence-corrected chi connectivity index (χ3v) is 1.93. The monoisotopic (exact) mass is 165 g/mol. The molecule has 0 saturated heterocycles. The van der Waals surface area contributed by atoms with E-state index >= 15 is 0 Å². The molecule has 1 unspecified atom stereocenters. The van der Waals surface area contributed by atoms with Crippen molar-refractivity contribution in [3.63, 3.8) is 0 Å². The summed E-state index contributed by atoms with van der Waals surface area (Å²) in [7, 11) is 0. The molecular formula is C10H15NO. The number of aliphatic hydroxyl groups excluding tert-OH is 1. The highest BCUT2D eigenvalue weighted by Crippen LogP contribution is 2.18. The SMILES string of the molecule is CCCC(O)c1ncccc1C. The van der Waals surface area contributed by atoms with Crippen molar-refractivity contribution in [1.29, 1.82) is 0 Å². The normalized spacial score (nSPS) is 12.9. The number of hydrogen-bond acceptors (Lipinski definition) is 2. The second-order valence-corrected chi connectivity index (χ2v) is 3.01. The number of nitrogens with zero attached hydrogens (tertiary/aromatic N) is 1. The van der Waals surface area contributed by atoms with Crippen molar-refractivity contribution in [2.24, 2.45) is 0 Å². The molecule has 12 heavy (non-hydrogen) atoms. The van der Waals surface area contributed by atoms with Crippen LogP contribution in [0.2, 0.25) is 0 Å². The van der Waals surface area contributed by atoms with Crippen LogP contribution in [0.1, 0.15) is 37.1 Å². The zero-order valence-electron chi connectivity index (χ0n) is 7.62. The smallest absolute Gasteiger partial charge is 0.0962 e. The lowest BCUT2D eigenvalue weighted by molar-refractivity contribution is 0.161. The van der Waals surface area contributed by atoms with Crippen molar-refractivity contribution in [3.8, 4) is 0 Å². The Labute approximate surface area is 73.3 Å². The molecule has 2 heteroatoms. The van der Waals surface area contributed by atoms with E-state index < -0.39 is 6.10 Å². The Morgan fingerprint density at radius 1 is 1.58 bits per heavy atom. The number of aromatic nitrogens is 1. The minimum Gasteiger partial charge on any atom is -0.387 e. The Hall–Kier alpha value is -0.890. The maximum Gasteiger partial charge on any atom is 0.0962 e.